The lowest BCUT2D eigenvalue weighted by atomic mass is 10.1. The quantitative estimate of drug-likeness (QED) is 0.746. The number of hydrogen-bond donors (Lipinski definition) is 2. The first-order chi connectivity index (χ1) is 8.64. The summed E-state index contributed by atoms with van der Waals surface area (Å²) >= 11 is 0. The molecular formula is C13H22N2O4. The van der Waals surface area contributed by atoms with Crippen molar-refractivity contribution in [3.63, 3.8) is 0 Å². The second kappa shape index (κ2) is 5.19. The van der Waals surface area contributed by atoms with Gasteiger partial charge in [-0.15, -0.1) is 0 Å². The van der Waals surface area contributed by atoms with Gasteiger partial charge in [-0.1, -0.05) is 20.8 Å². The first-order valence-electron chi connectivity index (χ1n) is 6.34. The number of carbonyl (C=O) groups is 3. The number of rotatable bonds is 5. The van der Waals surface area contributed by atoms with Gasteiger partial charge in [0, 0.05) is 20.6 Å². The van der Waals surface area contributed by atoms with E-state index >= 15 is 0 Å². The van der Waals surface area contributed by atoms with Gasteiger partial charge in [0.2, 0.25) is 11.8 Å². The van der Waals surface area contributed by atoms with E-state index in [0.717, 1.165) is 0 Å². The summed E-state index contributed by atoms with van der Waals surface area (Å²) in [5, 5.41) is 11.6. The number of carboxylic acids is 1. The Kier molecular flexibility index (Phi) is 4.22. The fourth-order valence-electron chi connectivity index (χ4n) is 2.63. The zero-order valence-electron chi connectivity index (χ0n) is 12.1. The number of aliphatic carboxylic acids is 1. The summed E-state index contributed by atoms with van der Waals surface area (Å²) in [4.78, 5) is 36.1. The highest BCUT2D eigenvalue weighted by molar-refractivity contribution is 5.91. The van der Waals surface area contributed by atoms with Crippen molar-refractivity contribution in [1.29, 1.82) is 0 Å². The molecule has 0 aromatic carbocycles. The Hall–Kier alpha value is -1.59. The number of hydrogen-bond acceptors (Lipinski definition) is 3. The van der Waals surface area contributed by atoms with Crippen LogP contribution >= 0.6 is 0 Å². The lowest BCUT2D eigenvalue weighted by molar-refractivity contribution is -0.142. The number of carboxylic acid groups (broad SMARTS) is 1. The highest BCUT2D eigenvalue weighted by Gasteiger charge is 2.66. The van der Waals surface area contributed by atoms with Crippen LogP contribution in [0.4, 0.5) is 0 Å². The largest absolute Gasteiger partial charge is 0.481 e. The molecule has 3 atom stereocenters. The van der Waals surface area contributed by atoms with Crippen LogP contribution in [0.5, 0.6) is 0 Å². The van der Waals surface area contributed by atoms with E-state index in [1.807, 2.05) is 0 Å². The van der Waals surface area contributed by atoms with Crippen molar-refractivity contribution >= 4 is 17.8 Å². The van der Waals surface area contributed by atoms with E-state index < -0.39 is 23.2 Å². The second-order valence-electron chi connectivity index (χ2n) is 5.85. The van der Waals surface area contributed by atoms with E-state index in [0.29, 0.717) is 0 Å². The minimum Gasteiger partial charge on any atom is -0.481 e. The molecule has 0 bridgehead atoms. The smallest absolute Gasteiger partial charge is 0.307 e. The van der Waals surface area contributed by atoms with Crippen LogP contribution in [0.15, 0.2) is 0 Å². The standard InChI is InChI=1S/C13H22N2O4/c1-7(10(16)14-4)6-15(5)11(17)8-9(12(18)19)13(8,2)3/h7-9H,6H2,1-5H3,(H,14,16)(H,18,19). The molecule has 1 saturated carbocycles. The predicted molar refractivity (Wildman–Crippen MR) is 69.3 cm³/mol. The van der Waals surface area contributed by atoms with Crippen LogP contribution in [0.2, 0.25) is 0 Å². The fourth-order valence-corrected chi connectivity index (χ4v) is 2.63. The first-order valence-corrected chi connectivity index (χ1v) is 6.34. The summed E-state index contributed by atoms with van der Waals surface area (Å²) in [5.74, 6) is -2.71. The molecule has 19 heavy (non-hydrogen) atoms. The van der Waals surface area contributed by atoms with Crippen molar-refractivity contribution in [2.45, 2.75) is 20.8 Å². The third-order valence-corrected chi connectivity index (χ3v) is 3.98. The zero-order valence-corrected chi connectivity index (χ0v) is 12.1. The van der Waals surface area contributed by atoms with Gasteiger partial charge in [-0.2, -0.15) is 0 Å². The Morgan fingerprint density at radius 2 is 1.84 bits per heavy atom. The maximum absolute atomic E-state index is 12.2. The maximum atomic E-state index is 12.2. The van der Waals surface area contributed by atoms with Gasteiger partial charge in [0.25, 0.3) is 0 Å². The van der Waals surface area contributed by atoms with E-state index in [1.54, 1.807) is 34.9 Å². The zero-order chi connectivity index (χ0) is 15.0. The van der Waals surface area contributed by atoms with Gasteiger partial charge >= 0.3 is 5.97 Å². The lowest BCUT2D eigenvalue weighted by Crippen LogP contribution is -2.38. The van der Waals surface area contributed by atoms with Crippen molar-refractivity contribution in [3.8, 4) is 0 Å². The van der Waals surface area contributed by atoms with Crippen molar-refractivity contribution < 1.29 is 19.5 Å². The summed E-state index contributed by atoms with van der Waals surface area (Å²) in [7, 11) is 3.15. The molecule has 2 N–H and O–H groups in total. The molecule has 0 saturated heterocycles. The molecule has 1 aliphatic carbocycles. The van der Waals surface area contributed by atoms with Crippen LogP contribution in [-0.2, 0) is 14.4 Å². The van der Waals surface area contributed by atoms with Crippen LogP contribution in [0.25, 0.3) is 0 Å². The molecule has 1 rings (SSSR count). The molecule has 6 nitrogen and oxygen atoms in total. The van der Waals surface area contributed by atoms with Crippen LogP contribution in [0.3, 0.4) is 0 Å². The number of nitrogens with one attached hydrogen (secondary N) is 1. The summed E-state index contributed by atoms with van der Waals surface area (Å²) < 4.78 is 0. The summed E-state index contributed by atoms with van der Waals surface area (Å²) in [6.07, 6.45) is 0. The topological polar surface area (TPSA) is 86.7 Å². The van der Waals surface area contributed by atoms with E-state index in [4.69, 9.17) is 5.11 Å². The average molecular weight is 270 g/mol. The molecule has 0 aliphatic heterocycles. The third kappa shape index (κ3) is 2.88. The Labute approximate surface area is 113 Å². The Morgan fingerprint density at radius 1 is 1.32 bits per heavy atom. The molecule has 0 spiro atoms. The monoisotopic (exact) mass is 270 g/mol. The van der Waals surface area contributed by atoms with E-state index in [2.05, 4.69) is 5.32 Å². The minimum absolute atomic E-state index is 0.135. The summed E-state index contributed by atoms with van der Waals surface area (Å²) in [5.41, 5.74) is -0.507. The Morgan fingerprint density at radius 3 is 2.21 bits per heavy atom. The molecular weight excluding hydrogens is 248 g/mol. The van der Waals surface area contributed by atoms with Crippen molar-refractivity contribution in [2.75, 3.05) is 20.6 Å². The van der Waals surface area contributed by atoms with Crippen molar-refractivity contribution in [2.24, 2.45) is 23.2 Å². The normalized spacial score (nSPS) is 25.3. The van der Waals surface area contributed by atoms with Crippen LogP contribution in [0, 0.1) is 23.2 Å². The van der Waals surface area contributed by atoms with Gasteiger partial charge in [-0.25, -0.2) is 0 Å². The maximum Gasteiger partial charge on any atom is 0.307 e. The first kappa shape index (κ1) is 15.5. The molecule has 108 valence electrons. The fraction of sp³-hybridized carbons (Fsp3) is 0.769. The van der Waals surface area contributed by atoms with Crippen LogP contribution in [0.1, 0.15) is 20.8 Å². The highest BCUT2D eigenvalue weighted by Crippen LogP contribution is 2.58. The summed E-state index contributed by atoms with van der Waals surface area (Å²) in [6.45, 7) is 5.58. The van der Waals surface area contributed by atoms with Gasteiger partial charge in [0.15, 0.2) is 0 Å². The minimum atomic E-state index is -0.934. The van der Waals surface area contributed by atoms with Crippen LogP contribution < -0.4 is 5.32 Å². The van der Waals surface area contributed by atoms with Gasteiger partial charge in [0.05, 0.1) is 17.8 Å². The van der Waals surface area contributed by atoms with Gasteiger partial charge in [-0.3, -0.25) is 14.4 Å². The SMILES string of the molecule is CNC(=O)C(C)CN(C)C(=O)C1C(C(=O)O)C1(C)C. The molecule has 0 heterocycles. The molecule has 0 aromatic heterocycles. The van der Waals surface area contributed by atoms with Crippen molar-refractivity contribution in [1.82, 2.24) is 10.2 Å². The summed E-state index contributed by atoms with van der Waals surface area (Å²) in [6, 6.07) is 0. The highest BCUT2D eigenvalue weighted by atomic mass is 16.4. The molecule has 0 aromatic rings. The Bertz CT molecular complexity index is 405. The third-order valence-electron chi connectivity index (χ3n) is 3.98. The predicted octanol–water partition coefficient (Wildman–Crippen LogP) is 0.184. The molecule has 1 fully saturated rings. The Balaban J connectivity index is 2.65. The average Bonchev–Trinajstić information content (AvgIpc) is 2.90. The van der Waals surface area contributed by atoms with Gasteiger partial charge in [-0.05, 0) is 5.41 Å². The number of amides is 2. The molecule has 1 aliphatic rings. The van der Waals surface area contributed by atoms with E-state index in [-0.39, 0.29) is 24.3 Å². The van der Waals surface area contributed by atoms with E-state index in [9.17, 15) is 14.4 Å². The van der Waals surface area contributed by atoms with Crippen molar-refractivity contribution in [3.05, 3.63) is 0 Å². The van der Waals surface area contributed by atoms with Gasteiger partial charge < -0.3 is 15.3 Å². The molecule has 2 amide bonds. The number of carbonyl (C=O) groups excluding carboxylic acids is 2. The molecule has 0 radical (unpaired) electrons. The molecule has 3 unspecified atom stereocenters. The molecule has 6 heteroatoms. The second-order valence-corrected chi connectivity index (χ2v) is 5.85. The number of nitrogens with zero attached hydrogens (tertiary/aromatic N) is 1. The van der Waals surface area contributed by atoms with Crippen LogP contribution in [-0.4, -0.2) is 48.4 Å². The van der Waals surface area contributed by atoms with Gasteiger partial charge in [0.1, 0.15) is 0 Å². The lowest BCUT2D eigenvalue weighted by Gasteiger charge is -2.21. The van der Waals surface area contributed by atoms with E-state index in [1.165, 1.54) is 4.90 Å².